The number of likely N-dealkylation sites (N-methyl/N-ethyl adjacent to an activating group) is 2. The minimum absolute atomic E-state index is 0. The molecule has 3 atom stereocenters. The number of benzene rings is 4. The Bertz CT molecular complexity index is 3030. The highest BCUT2D eigenvalue weighted by Gasteiger charge is 2.20. The normalized spacial score (nSPS) is 11.4. The molecule has 4 aromatic carbocycles. The number of aromatic amines is 2. The average Bonchev–Trinajstić information content (AvgIpc) is 1.71. The Hall–Kier alpha value is -11.2. The van der Waals surface area contributed by atoms with Gasteiger partial charge in [-0.2, -0.15) is 12.6 Å². The number of fused-ring (bicyclic) bond motifs is 2. The predicted molar refractivity (Wildman–Crippen MR) is 562 cm³/mol. The molecule has 43 heteroatoms. The summed E-state index contributed by atoms with van der Waals surface area (Å²) in [6, 6.07) is 34.9. The Kier molecular flexibility index (Phi) is 212. The Morgan fingerprint density at radius 2 is 0.689 bits per heavy atom. The zero-order valence-corrected chi connectivity index (χ0v) is 83.9. The lowest BCUT2D eigenvalue weighted by molar-refractivity contribution is -0.127. The van der Waals surface area contributed by atoms with E-state index < -0.39 is 12.1 Å². The molecule has 2 aliphatic heterocycles. The van der Waals surface area contributed by atoms with E-state index in [2.05, 4.69) is 167 Å². The van der Waals surface area contributed by atoms with Crippen molar-refractivity contribution in [3.63, 3.8) is 0 Å². The summed E-state index contributed by atoms with van der Waals surface area (Å²) in [6.45, 7) is 42.3. The number of carbonyl (C=O) groups is 14. The Labute approximate surface area is 797 Å². The largest absolute Gasteiger partial charge is 0.370 e. The molecule has 4 heterocycles. The third kappa shape index (κ3) is 115. The third-order valence-electron chi connectivity index (χ3n) is 16.9. The van der Waals surface area contributed by atoms with Crippen molar-refractivity contribution in [3.8, 4) is 0 Å². The minimum atomic E-state index is -0.509. The number of hydrogen-bond acceptors (Lipinski definition) is 33. The van der Waals surface area contributed by atoms with Crippen LogP contribution in [0, 0.1) is 11.8 Å². The van der Waals surface area contributed by atoms with Gasteiger partial charge in [0, 0.05) is 99.9 Å². The SMILES string of the molecule is C1CCNC1.C=O.C=O.C=O.C=O.C=O.C=O.C=O.C=O.C=O.C=O.CCC1CCCCC1.CCCC1CCCCC1.CCCCN=C(N)N.CCCCN=C(N)N.CCc1c[nH]c2ccccc12.CCc1c[nH]c2ccccc12.CNC(=O)[C@H](Cc1ccccc1)NC(C)=O.CNC(=O)[C@H](Cc1ccccc1)NC(C)=O.N.N.N.N.N.N.N.N.N.N.N.N.N.N.S[C@H]1CCNC1. The van der Waals surface area contributed by atoms with Crippen LogP contribution in [0.5, 0.6) is 0 Å². The van der Waals surface area contributed by atoms with E-state index in [1.807, 2.05) is 129 Å². The standard InChI is InChI=1S/2C12H16N2O2.2C10H11N.C9H18.C8H16.2C5H13N3.C4H9NS.C4H9N.10CH2O.14H3N/c2*1-9(15)14-11(12(16)13-2)8-10-6-4-3-5-7-10;2*1-2-8-7-11-10-6-4-3-5-9(8)10;1-2-6-9-7-4-3-5-8-9;1-2-8-6-4-3-5-7-8;2*1-2-3-4-8-5(6)7;6-4-1-2-5-3-4;1-2-4-5-3-1;10*1-2;;;;;;;;;;;;;;/h2*3-7,11H,8H2,1-2H3,(H,13,16)(H,14,15);2*3-7,11H,2H2,1H3;9H,2-8H2,1H3;8H,2-7H2,1H3;2*2-4H2,1H3,(H4,6,7,8);4-6H,1-3H2;5H,1-4H2;10*1H2;14*1H3/t2*11-;;;;;;;4-;;;;;;;;;;;;;;;;;;;;;;;;;/m00......0........................./s1. The van der Waals surface area contributed by atoms with E-state index >= 15 is 0 Å². The monoisotopic (exact) mass is 1910 g/mol. The number of amides is 4. The van der Waals surface area contributed by atoms with Gasteiger partial charge in [0.25, 0.3) is 0 Å². The summed E-state index contributed by atoms with van der Waals surface area (Å²) in [7, 11) is 3.12. The lowest BCUT2D eigenvalue weighted by Gasteiger charge is -2.20. The van der Waals surface area contributed by atoms with Crippen molar-refractivity contribution >= 4 is 138 Å². The Morgan fingerprint density at radius 3 is 0.902 bits per heavy atom. The first kappa shape index (κ1) is 185. The number of H-pyrrole nitrogens is 2. The molecule has 4 fully saturated rings. The number of para-hydroxylation sites is 2. The number of thiol groups is 1. The Balaban J connectivity index is -0.0000000436. The van der Waals surface area contributed by atoms with Crippen molar-refractivity contribution in [1.82, 2.24) is 128 Å². The minimum Gasteiger partial charge on any atom is -0.370 e. The first-order chi connectivity index (χ1) is 57.4. The molecule has 0 spiro atoms. The molecule has 42 nitrogen and oxygen atoms in total. The van der Waals surface area contributed by atoms with Gasteiger partial charge in [0.05, 0.1) is 0 Å². The summed E-state index contributed by atoms with van der Waals surface area (Å²) in [5, 5.41) is 20.1. The van der Waals surface area contributed by atoms with E-state index in [1.165, 1.54) is 163 Å². The van der Waals surface area contributed by atoms with Crippen molar-refractivity contribution in [2.75, 3.05) is 53.4 Å². The smallest absolute Gasteiger partial charge is 0.242 e. The number of carbonyl (C=O) groups excluding carboxylic acids is 14. The fraction of sp³-hybridized carbons (Fsp3) is 0.506. The number of unbranched alkanes of at least 4 members (excludes halogenated alkanes) is 2. The predicted octanol–water partition coefficient (Wildman–Crippen LogP) is 14.0. The molecule has 2 aliphatic carbocycles. The summed E-state index contributed by atoms with van der Waals surface area (Å²) in [6.07, 6.45) is 35.2. The molecule has 10 rings (SSSR count). The highest BCUT2D eigenvalue weighted by atomic mass is 32.1. The van der Waals surface area contributed by atoms with Crippen molar-refractivity contribution < 1.29 is 67.1 Å². The molecule has 58 N–H and O–H groups in total. The summed E-state index contributed by atoms with van der Waals surface area (Å²) in [4.78, 5) is 139. The van der Waals surface area contributed by atoms with Crippen LogP contribution in [0.15, 0.2) is 132 Å². The van der Waals surface area contributed by atoms with Gasteiger partial charge in [-0.25, -0.2) is 0 Å². The molecule has 2 saturated carbocycles. The molecule has 4 aliphatic rings. The molecular weight excluding hydrogens is 1720 g/mol. The van der Waals surface area contributed by atoms with Crippen LogP contribution in [0.2, 0.25) is 0 Å². The zero-order chi connectivity index (χ0) is 92.4. The second-order valence-electron chi connectivity index (χ2n) is 25.2. The summed E-state index contributed by atoms with van der Waals surface area (Å²) < 4.78 is 0. The average molecular weight is 1910 g/mol. The van der Waals surface area contributed by atoms with Gasteiger partial charge in [-0.05, 0) is 111 Å². The molecular formula is C89H194N28O14S. The number of hydrogen-bond donors (Lipinski definition) is 27. The van der Waals surface area contributed by atoms with Gasteiger partial charge in [-0.3, -0.25) is 29.2 Å². The van der Waals surface area contributed by atoms with E-state index in [0.717, 1.165) is 87.7 Å². The van der Waals surface area contributed by atoms with Gasteiger partial charge in [0.2, 0.25) is 23.6 Å². The lowest BCUT2D eigenvalue weighted by atomic mass is 9.86. The number of aromatic nitrogens is 2. The summed E-state index contributed by atoms with van der Waals surface area (Å²) >= 11 is 4.23. The number of nitrogens with zero attached hydrogens (tertiary/aromatic N) is 2. The first-order valence-corrected chi connectivity index (χ1v) is 40.2. The number of aryl methyl sites for hydroxylation is 2. The van der Waals surface area contributed by atoms with Gasteiger partial charge in [0.1, 0.15) is 80.0 Å². The maximum absolute atomic E-state index is 11.5. The lowest BCUT2D eigenvalue weighted by Crippen LogP contribution is -2.46. The second kappa shape index (κ2) is 151. The van der Waals surface area contributed by atoms with E-state index in [4.69, 9.17) is 70.9 Å². The molecule has 0 radical (unpaired) electrons. The number of rotatable bonds is 19. The molecule has 780 valence electrons. The third-order valence-corrected chi connectivity index (χ3v) is 17.3. The van der Waals surface area contributed by atoms with E-state index in [1.54, 1.807) is 14.1 Å². The second-order valence-corrected chi connectivity index (χ2v) is 25.9. The van der Waals surface area contributed by atoms with E-state index in [-0.39, 0.29) is 122 Å². The molecule has 6 aromatic rings. The maximum atomic E-state index is 11.5. The van der Waals surface area contributed by atoms with Crippen LogP contribution in [0.4, 0.5) is 0 Å². The van der Waals surface area contributed by atoms with Crippen LogP contribution in [0.3, 0.4) is 0 Å². The molecule has 0 bridgehead atoms. The van der Waals surface area contributed by atoms with Gasteiger partial charge in [0.15, 0.2) is 11.9 Å². The topological polar surface area (TPSA) is 962 Å². The highest BCUT2D eigenvalue weighted by molar-refractivity contribution is 7.81. The zero-order valence-electron chi connectivity index (χ0n) is 83.0. The first-order valence-electron chi connectivity index (χ1n) is 39.6. The van der Waals surface area contributed by atoms with E-state index in [0.29, 0.717) is 18.1 Å². The van der Waals surface area contributed by atoms with Crippen molar-refractivity contribution in [2.24, 2.45) is 44.8 Å². The van der Waals surface area contributed by atoms with Crippen LogP contribution in [0.1, 0.15) is 206 Å². The van der Waals surface area contributed by atoms with Crippen molar-refractivity contribution in [3.05, 3.63) is 144 Å². The molecule has 2 saturated heterocycles. The van der Waals surface area contributed by atoms with Gasteiger partial charge in [-0.15, -0.1) is 0 Å². The van der Waals surface area contributed by atoms with Crippen molar-refractivity contribution in [2.45, 2.75) is 227 Å². The van der Waals surface area contributed by atoms with Crippen LogP contribution in [-0.4, -0.2) is 184 Å². The molecule has 132 heavy (non-hydrogen) atoms. The summed E-state index contributed by atoms with van der Waals surface area (Å²) in [5.74, 6) is 1.80. The number of aliphatic imine (C=N–C) groups is 2. The number of nitrogens with one attached hydrogen (secondary N) is 8. The van der Waals surface area contributed by atoms with Crippen molar-refractivity contribution in [1.29, 1.82) is 0 Å². The molecule has 0 unspecified atom stereocenters. The van der Waals surface area contributed by atoms with Gasteiger partial charge >= 0.3 is 0 Å². The molecule has 2 aromatic heterocycles. The van der Waals surface area contributed by atoms with Gasteiger partial charge < -0.3 is 199 Å². The fourth-order valence-corrected chi connectivity index (χ4v) is 11.5. The molecule has 4 amide bonds. The van der Waals surface area contributed by atoms with Crippen LogP contribution in [0.25, 0.3) is 21.8 Å². The van der Waals surface area contributed by atoms with Crippen LogP contribution in [-0.2, 0) is 92.8 Å². The fourth-order valence-electron chi connectivity index (χ4n) is 11.3. The number of guanidine groups is 2. The number of nitrogens with two attached hydrogens (primary N) is 4. The van der Waals surface area contributed by atoms with Crippen LogP contribution >= 0.6 is 12.6 Å². The maximum Gasteiger partial charge on any atom is 0.242 e. The van der Waals surface area contributed by atoms with Crippen LogP contribution < -0.4 is 141 Å². The quantitative estimate of drug-likeness (QED) is 0.0155. The summed E-state index contributed by atoms with van der Waals surface area (Å²) in [5.41, 5.74) is 27.6. The highest BCUT2D eigenvalue weighted by Crippen LogP contribution is 2.27. The van der Waals surface area contributed by atoms with E-state index in [9.17, 15) is 19.2 Å². The Morgan fingerprint density at radius 1 is 0.394 bits per heavy atom. The van der Waals surface area contributed by atoms with Gasteiger partial charge in [-0.1, -0.05) is 235 Å².